The first-order valence-electron chi connectivity index (χ1n) is 4.90. The molecule has 0 fully saturated rings. The molecule has 102 valence electrons. The molecule has 0 atom stereocenters. The monoisotopic (exact) mass is 295 g/mol. The van der Waals surface area contributed by atoms with E-state index in [0.29, 0.717) is 12.0 Å². The first kappa shape index (κ1) is 15.1. The maximum Gasteiger partial charge on any atom is 0.294 e. The Morgan fingerprint density at radius 2 is 1.78 bits per heavy atom. The lowest BCUT2D eigenvalue weighted by molar-refractivity contribution is 0.288. The van der Waals surface area contributed by atoms with E-state index in [1.807, 2.05) is 0 Å². The second kappa shape index (κ2) is 5.33. The van der Waals surface area contributed by atoms with E-state index in [1.165, 1.54) is 6.07 Å². The summed E-state index contributed by atoms with van der Waals surface area (Å²) in [5.74, 6) is 0. The van der Waals surface area contributed by atoms with Crippen LogP contribution in [0.4, 0.5) is 0 Å². The predicted octanol–water partition coefficient (Wildman–Crippen LogP) is -0.494. The summed E-state index contributed by atoms with van der Waals surface area (Å²) in [4.78, 5) is -0.912. The number of benzene rings is 1. The van der Waals surface area contributed by atoms with Crippen LogP contribution in [0.3, 0.4) is 0 Å². The van der Waals surface area contributed by atoms with E-state index >= 15 is 0 Å². The average Bonchev–Trinajstić information content (AvgIpc) is 2.23. The lowest BCUT2D eigenvalue weighted by atomic mass is 10.1. The van der Waals surface area contributed by atoms with Crippen molar-refractivity contribution in [1.29, 1.82) is 0 Å². The number of sulfonamides is 1. The van der Waals surface area contributed by atoms with Gasteiger partial charge in [0.1, 0.15) is 0 Å². The molecule has 0 aliphatic heterocycles. The number of aliphatic hydroxyl groups is 1. The van der Waals surface area contributed by atoms with Gasteiger partial charge in [0.25, 0.3) is 10.1 Å². The third-order valence-corrected chi connectivity index (χ3v) is 4.09. The molecule has 9 heteroatoms. The predicted molar refractivity (Wildman–Crippen MR) is 63.0 cm³/mol. The normalized spacial score (nSPS) is 12.6. The first-order chi connectivity index (χ1) is 8.16. The molecule has 1 aromatic carbocycles. The van der Waals surface area contributed by atoms with Crippen LogP contribution in [0.5, 0.6) is 0 Å². The Bertz CT molecular complexity index is 635. The molecule has 18 heavy (non-hydrogen) atoms. The number of aliphatic hydroxyl groups excluding tert-OH is 1. The zero-order chi connectivity index (χ0) is 14.0. The van der Waals surface area contributed by atoms with Gasteiger partial charge >= 0.3 is 0 Å². The van der Waals surface area contributed by atoms with Crippen LogP contribution in [0.1, 0.15) is 12.0 Å². The van der Waals surface area contributed by atoms with Gasteiger partial charge in [-0.2, -0.15) is 8.42 Å². The van der Waals surface area contributed by atoms with Gasteiger partial charge in [-0.25, -0.2) is 13.6 Å². The third-order valence-electron chi connectivity index (χ3n) is 2.25. The molecule has 0 radical (unpaired) electrons. The molecule has 0 heterocycles. The van der Waals surface area contributed by atoms with E-state index in [1.54, 1.807) is 0 Å². The standard InChI is InChI=1S/C9H13NO6S2/c10-17(12,13)9-6-8(18(14,15)16)4-3-7(9)2-1-5-11/h3-4,6,11H,1-2,5H2,(H2,10,12,13)(H,14,15,16). The molecule has 0 aromatic heterocycles. The van der Waals surface area contributed by atoms with Gasteiger partial charge in [-0.3, -0.25) is 4.55 Å². The highest BCUT2D eigenvalue weighted by Crippen LogP contribution is 2.20. The summed E-state index contributed by atoms with van der Waals surface area (Å²) in [6.45, 7) is -0.135. The quantitative estimate of drug-likeness (QED) is 0.627. The highest BCUT2D eigenvalue weighted by Gasteiger charge is 2.18. The molecule has 7 nitrogen and oxygen atoms in total. The lowest BCUT2D eigenvalue weighted by Crippen LogP contribution is -2.16. The Morgan fingerprint density at radius 1 is 1.17 bits per heavy atom. The molecule has 1 rings (SSSR count). The van der Waals surface area contributed by atoms with Crippen LogP contribution in [0.15, 0.2) is 28.0 Å². The van der Waals surface area contributed by atoms with Gasteiger partial charge in [0.2, 0.25) is 10.0 Å². The van der Waals surface area contributed by atoms with Crippen LogP contribution in [0.25, 0.3) is 0 Å². The van der Waals surface area contributed by atoms with E-state index in [2.05, 4.69) is 0 Å². The van der Waals surface area contributed by atoms with Crippen molar-refractivity contribution in [1.82, 2.24) is 0 Å². The minimum atomic E-state index is -4.49. The summed E-state index contributed by atoms with van der Waals surface area (Å²) in [5.41, 5.74) is 0.291. The third kappa shape index (κ3) is 3.75. The molecule has 4 N–H and O–H groups in total. The average molecular weight is 295 g/mol. The molecule has 0 unspecified atom stereocenters. The molecular weight excluding hydrogens is 282 g/mol. The number of hydrogen-bond donors (Lipinski definition) is 3. The molecule has 0 aliphatic rings. The number of primary sulfonamides is 1. The van der Waals surface area contributed by atoms with E-state index in [-0.39, 0.29) is 17.9 Å². The van der Waals surface area contributed by atoms with Crippen LogP contribution in [-0.2, 0) is 26.6 Å². The number of aryl methyl sites for hydroxylation is 1. The van der Waals surface area contributed by atoms with Crippen LogP contribution >= 0.6 is 0 Å². The second-order valence-electron chi connectivity index (χ2n) is 3.62. The molecule has 0 saturated carbocycles. The Kier molecular flexibility index (Phi) is 4.46. The van der Waals surface area contributed by atoms with Gasteiger partial charge < -0.3 is 5.11 Å². The van der Waals surface area contributed by atoms with Crippen molar-refractivity contribution in [2.75, 3.05) is 6.61 Å². The minimum Gasteiger partial charge on any atom is -0.396 e. The van der Waals surface area contributed by atoms with Crippen LogP contribution in [-0.4, -0.2) is 33.1 Å². The van der Waals surface area contributed by atoms with Crippen molar-refractivity contribution < 1.29 is 26.5 Å². The maximum atomic E-state index is 11.3. The van der Waals surface area contributed by atoms with Crippen molar-refractivity contribution >= 4 is 20.1 Å². The van der Waals surface area contributed by atoms with Crippen LogP contribution < -0.4 is 5.14 Å². The highest BCUT2D eigenvalue weighted by atomic mass is 32.2. The first-order valence-corrected chi connectivity index (χ1v) is 7.89. The number of hydrogen-bond acceptors (Lipinski definition) is 5. The summed E-state index contributed by atoms with van der Waals surface area (Å²) in [6.07, 6.45) is 0.543. The molecule has 0 aliphatic carbocycles. The zero-order valence-corrected chi connectivity index (χ0v) is 10.9. The Balaban J connectivity index is 3.40. The second-order valence-corrected chi connectivity index (χ2v) is 6.57. The summed E-state index contributed by atoms with van der Waals surface area (Å²) in [7, 11) is -8.60. The van der Waals surface area contributed by atoms with Gasteiger partial charge in [0.05, 0.1) is 9.79 Å². The number of nitrogens with two attached hydrogens (primary N) is 1. The van der Waals surface area contributed by atoms with Crippen LogP contribution in [0, 0.1) is 0 Å². The van der Waals surface area contributed by atoms with Gasteiger partial charge in [0, 0.05) is 6.61 Å². The van der Waals surface area contributed by atoms with Crippen molar-refractivity contribution in [3.05, 3.63) is 23.8 Å². The van der Waals surface area contributed by atoms with E-state index < -0.39 is 25.0 Å². The van der Waals surface area contributed by atoms with E-state index in [4.69, 9.17) is 14.8 Å². The molecule has 0 bridgehead atoms. The highest BCUT2D eigenvalue weighted by molar-refractivity contribution is 7.89. The molecule has 1 aromatic rings. The SMILES string of the molecule is NS(=O)(=O)c1cc(S(=O)(=O)O)ccc1CCCO. The van der Waals surface area contributed by atoms with Gasteiger partial charge in [-0.05, 0) is 30.5 Å². The topological polar surface area (TPSA) is 135 Å². The maximum absolute atomic E-state index is 11.3. The fraction of sp³-hybridized carbons (Fsp3) is 0.333. The van der Waals surface area contributed by atoms with Gasteiger partial charge in [-0.1, -0.05) is 6.07 Å². The Morgan fingerprint density at radius 3 is 2.22 bits per heavy atom. The van der Waals surface area contributed by atoms with Crippen molar-refractivity contribution in [3.8, 4) is 0 Å². The molecule has 0 amide bonds. The van der Waals surface area contributed by atoms with Crippen molar-refractivity contribution in [2.45, 2.75) is 22.6 Å². The van der Waals surface area contributed by atoms with E-state index in [0.717, 1.165) is 12.1 Å². The largest absolute Gasteiger partial charge is 0.396 e. The molecule has 0 saturated heterocycles. The van der Waals surface area contributed by atoms with Crippen molar-refractivity contribution in [2.24, 2.45) is 5.14 Å². The van der Waals surface area contributed by atoms with E-state index in [9.17, 15) is 16.8 Å². The fourth-order valence-electron chi connectivity index (χ4n) is 1.44. The zero-order valence-electron chi connectivity index (χ0n) is 9.27. The Hall–Kier alpha value is -1.00. The van der Waals surface area contributed by atoms with Crippen LogP contribution in [0.2, 0.25) is 0 Å². The van der Waals surface area contributed by atoms with Crippen molar-refractivity contribution in [3.63, 3.8) is 0 Å². The fourth-order valence-corrected chi connectivity index (χ4v) is 2.84. The van der Waals surface area contributed by atoms with Gasteiger partial charge in [0.15, 0.2) is 0 Å². The number of rotatable bonds is 5. The smallest absolute Gasteiger partial charge is 0.294 e. The summed E-state index contributed by atoms with van der Waals surface area (Å²) < 4.78 is 53.3. The van der Waals surface area contributed by atoms with Gasteiger partial charge in [-0.15, -0.1) is 0 Å². The minimum absolute atomic E-state index is 0.135. The summed E-state index contributed by atoms with van der Waals surface area (Å²) in [6, 6.07) is 3.13. The Labute approximate surface area is 105 Å². The summed E-state index contributed by atoms with van der Waals surface area (Å²) >= 11 is 0. The summed E-state index contributed by atoms with van der Waals surface area (Å²) in [5, 5.41) is 13.7. The lowest BCUT2D eigenvalue weighted by Gasteiger charge is -2.08. The molecule has 0 spiro atoms. The molecular formula is C9H13NO6S2.